The van der Waals surface area contributed by atoms with Crippen molar-refractivity contribution in [1.82, 2.24) is 0 Å². The molecule has 0 aliphatic heterocycles. The number of hydrogen-bond donors (Lipinski definition) is 1. The van der Waals surface area contributed by atoms with E-state index in [1.807, 2.05) is 54.6 Å². The summed E-state index contributed by atoms with van der Waals surface area (Å²) < 4.78 is 5.40. The topological polar surface area (TPSA) is 29.5 Å². The van der Waals surface area contributed by atoms with Gasteiger partial charge in [0.2, 0.25) is 0 Å². The summed E-state index contributed by atoms with van der Waals surface area (Å²) in [6, 6.07) is 17.4. The summed E-state index contributed by atoms with van der Waals surface area (Å²) in [5, 5.41) is 11.2. The van der Waals surface area contributed by atoms with Crippen LogP contribution in [0.15, 0.2) is 54.6 Å². The van der Waals surface area contributed by atoms with Crippen LogP contribution >= 0.6 is 0 Å². The van der Waals surface area contributed by atoms with Crippen molar-refractivity contribution < 1.29 is 9.84 Å². The van der Waals surface area contributed by atoms with Crippen LogP contribution in [0.5, 0.6) is 5.75 Å². The third kappa shape index (κ3) is 2.64. The van der Waals surface area contributed by atoms with E-state index in [-0.39, 0.29) is 0 Å². The van der Waals surface area contributed by atoms with Crippen LogP contribution in [0.1, 0.15) is 30.9 Å². The highest BCUT2D eigenvalue weighted by Gasteiger charge is 2.32. The molecule has 19 heavy (non-hydrogen) atoms. The first-order valence-electron chi connectivity index (χ1n) is 6.63. The van der Waals surface area contributed by atoms with Crippen LogP contribution in [0.3, 0.4) is 0 Å². The standard InChI is InChI=1S/C17H20O2/c1-3-13-17(18,14-9-5-4-6-10-14)15-11-7-8-12-16(15)19-2/h4-12,18H,3,13H2,1-2H3. The molecule has 100 valence electrons. The van der Waals surface area contributed by atoms with Gasteiger partial charge < -0.3 is 9.84 Å². The molecule has 0 heterocycles. The van der Waals surface area contributed by atoms with Crippen LogP contribution in [-0.2, 0) is 5.60 Å². The fourth-order valence-corrected chi connectivity index (χ4v) is 2.50. The van der Waals surface area contributed by atoms with Crippen molar-refractivity contribution in [3.63, 3.8) is 0 Å². The lowest BCUT2D eigenvalue weighted by molar-refractivity contribution is 0.0674. The molecule has 0 radical (unpaired) electrons. The molecule has 1 atom stereocenters. The third-order valence-electron chi connectivity index (χ3n) is 3.42. The van der Waals surface area contributed by atoms with Crippen molar-refractivity contribution in [3.05, 3.63) is 65.7 Å². The first kappa shape index (κ1) is 13.6. The maximum absolute atomic E-state index is 11.2. The fourth-order valence-electron chi connectivity index (χ4n) is 2.50. The van der Waals surface area contributed by atoms with E-state index < -0.39 is 5.60 Å². The second-order valence-electron chi connectivity index (χ2n) is 4.68. The minimum absolute atomic E-state index is 0.664. The van der Waals surface area contributed by atoms with Gasteiger partial charge in [0.05, 0.1) is 7.11 Å². The van der Waals surface area contributed by atoms with Crippen molar-refractivity contribution in [1.29, 1.82) is 0 Å². The van der Waals surface area contributed by atoms with Crippen LogP contribution in [-0.4, -0.2) is 12.2 Å². The monoisotopic (exact) mass is 256 g/mol. The average Bonchev–Trinajstić information content (AvgIpc) is 2.48. The number of rotatable bonds is 5. The SMILES string of the molecule is CCCC(O)(c1ccccc1)c1ccccc1OC. The second kappa shape index (κ2) is 5.89. The number of para-hydroxylation sites is 1. The molecule has 2 rings (SSSR count). The Bertz CT molecular complexity index is 522. The molecule has 0 saturated carbocycles. The highest BCUT2D eigenvalue weighted by atomic mass is 16.5. The van der Waals surface area contributed by atoms with Crippen molar-refractivity contribution >= 4 is 0 Å². The van der Waals surface area contributed by atoms with Gasteiger partial charge in [-0.25, -0.2) is 0 Å². The lowest BCUT2D eigenvalue weighted by Crippen LogP contribution is -2.27. The Kier molecular flexibility index (Phi) is 4.23. The average molecular weight is 256 g/mol. The Morgan fingerprint density at radius 1 is 1.00 bits per heavy atom. The van der Waals surface area contributed by atoms with Crippen LogP contribution in [0.2, 0.25) is 0 Å². The molecule has 1 unspecified atom stereocenters. The summed E-state index contributed by atoms with van der Waals surface area (Å²) in [5.74, 6) is 0.724. The van der Waals surface area contributed by atoms with Gasteiger partial charge in [-0.1, -0.05) is 61.9 Å². The number of hydrogen-bond acceptors (Lipinski definition) is 2. The maximum atomic E-state index is 11.2. The number of ether oxygens (including phenoxy) is 1. The maximum Gasteiger partial charge on any atom is 0.125 e. The van der Waals surface area contributed by atoms with E-state index in [4.69, 9.17) is 4.74 Å². The van der Waals surface area contributed by atoms with Gasteiger partial charge in [-0.2, -0.15) is 0 Å². The Labute approximate surface area is 114 Å². The smallest absolute Gasteiger partial charge is 0.125 e. The van der Waals surface area contributed by atoms with Gasteiger partial charge >= 0.3 is 0 Å². The molecule has 0 aromatic heterocycles. The van der Waals surface area contributed by atoms with Gasteiger partial charge in [-0.05, 0) is 18.1 Å². The number of benzene rings is 2. The Morgan fingerprint density at radius 2 is 1.63 bits per heavy atom. The van der Waals surface area contributed by atoms with Crippen LogP contribution in [0.25, 0.3) is 0 Å². The molecule has 0 bridgehead atoms. The molecule has 2 nitrogen and oxygen atoms in total. The molecule has 0 aliphatic carbocycles. The normalized spacial score (nSPS) is 13.8. The molecule has 2 heteroatoms. The van der Waals surface area contributed by atoms with Gasteiger partial charge in [0.25, 0.3) is 0 Å². The minimum Gasteiger partial charge on any atom is -0.496 e. The Hall–Kier alpha value is -1.80. The van der Waals surface area contributed by atoms with Gasteiger partial charge in [0.15, 0.2) is 0 Å². The quantitative estimate of drug-likeness (QED) is 0.883. The summed E-state index contributed by atoms with van der Waals surface area (Å²) in [7, 11) is 1.64. The van der Waals surface area contributed by atoms with E-state index in [1.165, 1.54) is 0 Å². The summed E-state index contributed by atoms with van der Waals surface area (Å²) >= 11 is 0. The van der Waals surface area contributed by atoms with Crippen molar-refractivity contribution in [2.45, 2.75) is 25.4 Å². The molecule has 0 aliphatic rings. The van der Waals surface area contributed by atoms with Gasteiger partial charge in [-0.15, -0.1) is 0 Å². The van der Waals surface area contributed by atoms with Gasteiger partial charge in [0, 0.05) is 5.56 Å². The largest absolute Gasteiger partial charge is 0.496 e. The predicted molar refractivity (Wildman–Crippen MR) is 77.3 cm³/mol. The van der Waals surface area contributed by atoms with Crippen molar-refractivity contribution in [2.75, 3.05) is 7.11 Å². The molecule has 0 saturated heterocycles. The predicted octanol–water partition coefficient (Wildman–Crippen LogP) is 3.73. The molecular weight excluding hydrogens is 236 g/mol. The Balaban J connectivity index is 2.56. The highest BCUT2D eigenvalue weighted by Crippen LogP contribution is 2.38. The first-order valence-corrected chi connectivity index (χ1v) is 6.63. The fraction of sp³-hybridized carbons (Fsp3) is 0.294. The van der Waals surface area contributed by atoms with E-state index in [1.54, 1.807) is 7.11 Å². The third-order valence-corrected chi connectivity index (χ3v) is 3.42. The number of aliphatic hydroxyl groups is 1. The van der Waals surface area contributed by atoms with Crippen molar-refractivity contribution in [3.8, 4) is 5.75 Å². The molecule has 0 spiro atoms. The summed E-state index contributed by atoms with van der Waals surface area (Å²) in [6.45, 7) is 2.07. The molecule has 1 N–H and O–H groups in total. The molecular formula is C17H20O2. The zero-order valence-electron chi connectivity index (χ0n) is 11.5. The lowest BCUT2D eigenvalue weighted by atomic mass is 9.82. The minimum atomic E-state index is -0.997. The van der Waals surface area contributed by atoms with Gasteiger partial charge in [-0.3, -0.25) is 0 Å². The Morgan fingerprint density at radius 3 is 2.26 bits per heavy atom. The van der Waals surface area contributed by atoms with Crippen LogP contribution in [0, 0.1) is 0 Å². The summed E-state index contributed by atoms with van der Waals surface area (Å²) in [5.41, 5.74) is 0.731. The van der Waals surface area contributed by atoms with Crippen molar-refractivity contribution in [2.24, 2.45) is 0 Å². The first-order chi connectivity index (χ1) is 9.22. The van der Waals surface area contributed by atoms with E-state index >= 15 is 0 Å². The molecule has 2 aromatic carbocycles. The highest BCUT2D eigenvalue weighted by molar-refractivity contribution is 5.44. The number of methoxy groups -OCH3 is 1. The van der Waals surface area contributed by atoms with E-state index in [2.05, 4.69) is 6.92 Å². The van der Waals surface area contributed by atoms with E-state index in [0.29, 0.717) is 6.42 Å². The molecule has 2 aromatic rings. The van der Waals surface area contributed by atoms with Gasteiger partial charge in [0.1, 0.15) is 11.4 Å². The zero-order valence-corrected chi connectivity index (χ0v) is 11.5. The summed E-state index contributed by atoms with van der Waals surface area (Å²) in [4.78, 5) is 0. The van der Waals surface area contributed by atoms with E-state index in [0.717, 1.165) is 23.3 Å². The van der Waals surface area contributed by atoms with Crippen LogP contribution in [0.4, 0.5) is 0 Å². The lowest BCUT2D eigenvalue weighted by Gasteiger charge is -2.30. The zero-order chi connectivity index (χ0) is 13.7. The van der Waals surface area contributed by atoms with Crippen LogP contribution < -0.4 is 4.74 Å². The second-order valence-corrected chi connectivity index (χ2v) is 4.68. The summed E-state index contributed by atoms with van der Waals surface area (Å²) in [6.07, 6.45) is 1.56. The van der Waals surface area contributed by atoms with E-state index in [9.17, 15) is 5.11 Å². The molecule has 0 amide bonds. The molecule has 0 fully saturated rings.